The lowest BCUT2D eigenvalue weighted by Crippen LogP contribution is -2.50. The first-order valence-electron chi connectivity index (χ1n) is 19.9. The van der Waals surface area contributed by atoms with Gasteiger partial charge in [0.15, 0.2) is 16.6 Å². The highest BCUT2D eigenvalue weighted by Gasteiger charge is 2.50. The molecule has 284 valence electrons. The summed E-state index contributed by atoms with van der Waals surface area (Å²) in [6, 6.07) is 0. The quantitative estimate of drug-likeness (QED) is 0.100. The maximum absolute atomic E-state index is 10.8. The van der Waals surface area contributed by atoms with Crippen molar-refractivity contribution in [3.8, 4) is 0 Å². The molecule has 0 aromatic rings. The van der Waals surface area contributed by atoms with E-state index in [1.165, 1.54) is 11.3 Å². The van der Waals surface area contributed by atoms with Crippen molar-refractivity contribution in [1.29, 1.82) is 0 Å². The third-order valence-corrected chi connectivity index (χ3v) is 31.2. The number of rotatable bonds is 20. The van der Waals surface area contributed by atoms with Crippen molar-refractivity contribution in [3.63, 3.8) is 0 Å². The minimum absolute atomic E-state index is 0.108. The molecule has 0 unspecified atom stereocenters. The minimum atomic E-state index is -2.10. The second-order valence-corrected chi connectivity index (χ2v) is 35.0. The van der Waals surface area contributed by atoms with Gasteiger partial charge in [-0.15, -0.1) is 0 Å². The fourth-order valence-electron chi connectivity index (χ4n) is 10.6. The van der Waals surface area contributed by atoms with E-state index >= 15 is 0 Å². The maximum atomic E-state index is 10.8. The van der Waals surface area contributed by atoms with Crippen molar-refractivity contribution in [2.45, 2.75) is 201 Å². The zero-order valence-electron chi connectivity index (χ0n) is 35.7. The van der Waals surface area contributed by atoms with Crippen LogP contribution in [0.15, 0.2) is 23.5 Å². The van der Waals surface area contributed by atoms with Crippen LogP contribution in [0.25, 0.3) is 0 Å². The average Bonchev–Trinajstić information content (AvgIpc) is 2.95. The topological polar surface area (TPSA) is 47.9 Å². The predicted octanol–water partition coefficient (Wildman–Crippen LogP) is 13.4. The molecule has 1 rings (SSSR count). The molecule has 0 heterocycles. The minimum Gasteiger partial charge on any atom is -0.546 e. The number of aliphatic hydroxyl groups is 1. The zero-order valence-corrected chi connectivity index (χ0v) is 38.7. The van der Waals surface area contributed by atoms with Gasteiger partial charge in [0.1, 0.15) is 0 Å². The van der Waals surface area contributed by atoms with Crippen LogP contribution in [0.1, 0.15) is 151 Å². The van der Waals surface area contributed by atoms with Crippen LogP contribution < -0.4 is 0 Å². The van der Waals surface area contributed by atoms with Crippen LogP contribution in [0.2, 0.25) is 49.9 Å². The van der Waals surface area contributed by atoms with E-state index in [4.69, 9.17) is 13.3 Å². The first-order chi connectivity index (χ1) is 21.9. The molecule has 0 aliphatic heterocycles. The number of hydrogen-bond donors (Lipinski definition) is 1. The molecule has 48 heavy (non-hydrogen) atoms. The maximum Gasteiger partial charge on any atom is 0.258 e. The molecule has 0 aromatic heterocycles. The number of allylic oxidation sites excluding steroid dienone is 3. The molecule has 0 spiro atoms. The predicted molar refractivity (Wildman–Crippen MR) is 219 cm³/mol. The van der Waals surface area contributed by atoms with Gasteiger partial charge in [-0.2, -0.15) is 0 Å². The fraction of sp³-hybridized carbons (Fsp3) is 0.902. The Labute approximate surface area is 304 Å². The number of aliphatic hydroxyl groups excluding tert-OH is 1. The lowest BCUT2D eigenvalue weighted by molar-refractivity contribution is 0.0869. The Bertz CT molecular complexity index is 925. The Morgan fingerprint density at radius 3 is 1.25 bits per heavy atom. The zero-order chi connectivity index (χ0) is 37.6. The van der Waals surface area contributed by atoms with Crippen LogP contribution in [0.3, 0.4) is 0 Å². The highest BCUT2D eigenvalue weighted by atomic mass is 28.4. The second kappa shape index (κ2) is 18.5. The summed E-state index contributed by atoms with van der Waals surface area (Å²) in [5, 5.41) is 10.8. The summed E-state index contributed by atoms with van der Waals surface area (Å²) in [5.41, 5.74) is 5.86. The molecule has 1 aliphatic rings. The van der Waals surface area contributed by atoms with E-state index in [0.29, 0.717) is 63.1 Å². The molecule has 0 aromatic carbocycles. The summed E-state index contributed by atoms with van der Waals surface area (Å²) in [4.78, 5) is 0. The van der Waals surface area contributed by atoms with Gasteiger partial charge in [0.2, 0.25) is 0 Å². The summed E-state index contributed by atoms with van der Waals surface area (Å²) < 4.78 is 21.9. The van der Waals surface area contributed by atoms with Crippen molar-refractivity contribution < 1.29 is 18.4 Å². The highest BCUT2D eigenvalue weighted by molar-refractivity contribution is 6.78. The van der Waals surface area contributed by atoms with Gasteiger partial charge < -0.3 is 18.4 Å². The SMILES string of the molecule is CC1=C(O[Si](C(C)C)(C(C)C)C(C)C)CC[C@](C)(CO)[C@@H]1/C=C/C(CO[Si](C(C)C)(C(C)C)C(C)C)CO[Si](C(C)C)(C(C)C)C(C)C. The molecule has 7 heteroatoms. The molecule has 2 atom stereocenters. The molecular weight excluding hydrogens is 641 g/mol. The van der Waals surface area contributed by atoms with E-state index in [-0.39, 0.29) is 23.9 Å². The Balaban J connectivity index is 3.77. The van der Waals surface area contributed by atoms with Gasteiger partial charge in [-0.3, -0.25) is 0 Å². The smallest absolute Gasteiger partial charge is 0.258 e. The lowest BCUT2D eigenvalue weighted by Gasteiger charge is -2.47. The molecule has 4 nitrogen and oxygen atoms in total. The van der Waals surface area contributed by atoms with Crippen molar-refractivity contribution in [3.05, 3.63) is 23.5 Å². The van der Waals surface area contributed by atoms with E-state index in [1.807, 2.05) is 0 Å². The van der Waals surface area contributed by atoms with Crippen LogP contribution in [0, 0.1) is 17.3 Å². The van der Waals surface area contributed by atoms with E-state index in [1.54, 1.807) is 0 Å². The van der Waals surface area contributed by atoms with E-state index in [0.717, 1.165) is 12.8 Å². The van der Waals surface area contributed by atoms with Gasteiger partial charge in [-0.1, -0.05) is 144 Å². The standard InChI is InChI=1S/C41H84O4Si3/c1-28(2)46(29(3)4,30(5)6)43-25-38(26-44-47(31(7)8,32(9)10)33(11)12)21-22-39-37(19)40(23-24-41(39,20)27-42)45-48(34(13)14,35(15)16)36(17)18/h21-22,28-36,38-39,42H,23-27H2,1-20H3/b22-21+/t39-,41-/m1/s1. The van der Waals surface area contributed by atoms with Crippen molar-refractivity contribution in [2.75, 3.05) is 19.8 Å². The summed E-state index contributed by atoms with van der Waals surface area (Å²) in [5.74, 6) is 1.45. The van der Waals surface area contributed by atoms with E-state index < -0.39 is 25.0 Å². The Morgan fingerprint density at radius 1 is 0.625 bits per heavy atom. The lowest BCUT2D eigenvalue weighted by atomic mass is 9.67. The van der Waals surface area contributed by atoms with Crippen molar-refractivity contribution in [2.24, 2.45) is 17.3 Å². The van der Waals surface area contributed by atoms with Crippen LogP contribution in [-0.2, 0) is 13.3 Å². The summed E-state index contributed by atoms with van der Waals surface area (Å²) >= 11 is 0. The molecule has 0 bridgehead atoms. The second-order valence-electron chi connectivity index (χ2n) is 18.7. The van der Waals surface area contributed by atoms with Gasteiger partial charge >= 0.3 is 0 Å². The van der Waals surface area contributed by atoms with Gasteiger partial charge in [0.05, 0.1) is 5.76 Å². The van der Waals surface area contributed by atoms with Gasteiger partial charge in [0, 0.05) is 43.5 Å². The van der Waals surface area contributed by atoms with Crippen LogP contribution in [0.4, 0.5) is 0 Å². The third-order valence-electron chi connectivity index (χ3n) is 13.0. The van der Waals surface area contributed by atoms with Crippen molar-refractivity contribution >= 4 is 25.0 Å². The van der Waals surface area contributed by atoms with Crippen LogP contribution in [0.5, 0.6) is 0 Å². The molecule has 0 radical (unpaired) electrons. The largest absolute Gasteiger partial charge is 0.546 e. The van der Waals surface area contributed by atoms with E-state index in [2.05, 4.69) is 151 Å². The Morgan fingerprint density at radius 2 is 0.958 bits per heavy atom. The van der Waals surface area contributed by atoms with Crippen LogP contribution >= 0.6 is 0 Å². The first kappa shape index (κ1) is 45.8. The highest BCUT2D eigenvalue weighted by Crippen LogP contribution is 2.50. The Kier molecular flexibility index (Phi) is 17.7. The monoisotopic (exact) mass is 725 g/mol. The van der Waals surface area contributed by atoms with Crippen molar-refractivity contribution in [1.82, 2.24) is 0 Å². The van der Waals surface area contributed by atoms with E-state index in [9.17, 15) is 5.11 Å². The van der Waals surface area contributed by atoms with Gasteiger partial charge in [-0.25, -0.2) is 0 Å². The molecule has 0 saturated heterocycles. The first-order valence-corrected chi connectivity index (χ1v) is 26.3. The molecule has 1 N–H and O–H groups in total. The van der Waals surface area contributed by atoms with Gasteiger partial charge in [-0.05, 0) is 68.8 Å². The normalized spacial score (nSPS) is 20.8. The fourth-order valence-corrected chi connectivity index (χ4v) is 27.0. The summed E-state index contributed by atoms with van der Waals surface area (Å²) in [6.07, 6.45) is 6.67. The molecule has 1 aliphatic carbocycles. The van der Waals surface area contributed by atoms with Gasteiger partial charge in [0.25, 0.3) is 8.32 Å². The Hall–Kier alpha value is -0.189. The molecule has 0 fully saturated rings. The molecular formula is C41H84O4Si3. The third kappa shape index (κ3) is 9.42. The molecule has 0 saturated carbocycles. The summed E-state index contributed by atoms with van der Waals surface area (Å²) in [7, 11) is -6.22. The summed E-state index contributed by atoms with van der Waals surface area (Å²) in [6.45, 7) is 48.8. The molecule has 0 amide bonds. The number of hydrogen-bond acceptors (Lipinski definition) is 4. The average molecular weight is 725 g/mol. The van der Waals surface area contributed by atoms with Crippen LogP contribution in [-0.4, -0.2) is 49.9 Å².